The Morgan fingerprint density at radius 2 is 1.79 bits per heavy atom. The van der Waals surface area contributed by atoms with Gasteiger partial charge in [0, 0.05) is 61.6 Å². The number of likely N-dealkylation sites (tertiary alicyclic amines) is 1. The van der Waals surface area contributed by atoms with Gasteiger partial charge in [0.1, 0.15) is 39.9 Å². The van der Waals surface area contributed by atoms with Crippen molar-refractivity contribution in [2.75, 3.05) is 54.4 Å². The van der Waals surface area contributed by atoms with Crippen LogP contribution in [0.3, 0.4) is 0 Å². The van der Waals surface area contributed by atoms with E-state index in [0.717, 1.165) is 56.8 Å². The molecule has 19 heteroatoms. The van der Waals surface area contributed by atoms with Crippen LogP contribution in [0.15, 0.2) is 72.1 Å². The molecular weight excluding hydrogens is 911 g/mol. The van der Waals surface area contributed by atoms with Crippen molar-refractivity contribution in [1.29, 1.82) is 0 Å². The van der Waals surface area contributed by atoms with Crippen LogP contribution in [0.4, 0.5) is 28.6 Å². The van der Waals surface area contributed by atoms with Crippen LogP contribution in [-0.2, 0) is 10.0 Å². The molecule has 368 valence electrons. The van der Waals surface area contributed by atoms with Gasteiger partial charge in [-0.25, -0.2) is 23.1 Å². The van der Waals surface area contributed by atoms with Crippen molar-refractivity contribution >= 4 is 66.6 Å². The number of nitro benzene ring substituents is 1. The number of nitro groups is 1. The third-order valence-electron chi connectivity index (χ3n) is 16.1. The van der Waals surface area contributed by atoms with E-state index in [2.05, 4.69) is 72.9 Å². The lowest BCUT2D eigenvalue weighted by molar-refractivity contribution is -0.384. The van der Waals surface area contributed by atoms with Gasteiger partial charge >= 0.3 is 0 Å². The molecular formula is C51H61N11O7S. The van der Waals surface area contributed by atoms with Crippen LogP contribution in [0.5, 0.6) is 5.88 Å². The second-order valence-electron chi connectivity index (χ2n) is 20.9. The summed E-state index contributed by atoms with van der Waals surface area (Å²) in [4.78, 5) is 52.8. The predicted octanol–water partition coefficient (Wildman–Crippen LogP) is 8.45. The van der Waals surface area contributed by atoms with Crippen LogP contribution in [-0.4, -0.2) is 105 Å². The summed E-state index contributed by atoms with van der Waals surface area (Å²) in [6.07, 6.45) is 14.0. The van der Waals surface area contributed by atoms with Gasteiger partial charge in [-0.15, -0.1) is 0 Å². The average Bonchev–Trinajstić information content (AvgIpc) is 4.14. The van der Waals surface area contributed by atoms with Gasteiger partial charge in [-0.05, 0) is 118 Å². The quantitative estimate of drug-likeness (QED) is 0.0573. The fraction of sp³-hybridized carbons (Fsp3) is 0.490. The Bertz CT molecular complexity index is 3090. The van der Waals surface area contributed by atoms with Crippen molar-refractivity contribution in [2.24, 2.45) is 11.3 Å². The monoisotopic (exact) mass is 971 g/mol. The van der Waals surface area contributed by atoms with Crippen molar-refractivity contribution in [1.82, 2.24) is 34.5 Å². The zero-order valence-electron chi connectivity index (χ0n) is 39.9. The summed E-state index contributed by atoms with van der Waals surface area (Å²) in [7, 11) is -4.77. The molecule has 11 rings (SSSR count). The number of imidazole rings is 1. The summed E-state index contributed by atoms with van der Waals surface area (Å²) < 4.78 is 37.1. The number of aliphatic hydroxyl groups is 1. The maximum atomic E-state index is 14.6. The summed E-state index contributed by atoms with van der Waals surface area (Å²) in [5.74, 6) is 0.698. The number of carbonyl (C=O) groups is 1. The van der Waals surface area contributed by atoms with Crippen LogP contribution in [0.1, 0.15) is 118 Å². The highest BCUT2D eigenvalue weighted by Gasteiger charge is 2.50. The summed E-state index contributed by atoms with van der Waals surface area (Å²) in [5, 5.41) is 27.0. The molecule has 6 aromatic rings. The Balaban J connectivity index is 0.855. The maximum Gasteiger partial charge on any atom is 0.296 e. The Kier molecular flexibility index (Phi) is 11.7. The number of carbonyl (C=O) groups excluding carboxylic acids is 1. The first-order valence-electron chi connectivity index (χ1n) is 24.8. The van der Waals surface area contributed by atoms with E-state index >= 15 is 0 Å². The zero-order valence-corrected chi connectivity index (χ0v) is 40.7. The number of anilines is 4. The molecule has 5 aliphatic rings. The summed E-state index contributed by atoms with van der Waals surface area (Å²) >= 11 is 0. The SMILES string of the molecule is CC(C)c1ccccc1[C@@H]1CCCN1C1CC2(CCN(c3cc(N4CCOc5nc6[nH]ccc6cc54)c(C(=O)NS(=O)(=O)c4cc([N+](=O)[O-])c(NC[C@H]5CC[C@](C)(O)CC5)c5[nH]cnc45)cn3)CC2)C1. The highest BCUT2D eigenvalue weighted by Crippen LogP contribution is 2.54. The molecule has 4 fully saturated rings. The molecule has 70 heavy (non-hydrogen) atoms. The van der Waals surface area contributed by atoms with Crippen molar-refractivity contribution < 1.29 is 28.0 Å². The molecule has 1 spiro atoms. The lowest BCUT2D eigenvalue weighted by Crippen LogP contribution is -2.55. The van der Waals surface area contributed by atoms with E-state index in [0.29, 0.717) is 72.7 Å². The number of aromatic amines is 2. The molecule has 2 aliphatic carbocycles. The first kappa shape index (κ1) is 46.1. The molecule has 0 unspecified atom stereocenters. The van der Waals surface area contributed by atoms with Gasteiger partial charge in [0.05, 0.1) is 40.2 Å². The molecule has 7 heterocycles. The van der Waals surface area contributed by atoms with Crippen molar-refractivity contribution in [3.05, 3.63) is 94.1 Å². The number of amides is 1. The standard InChI is InChI=1S/C51H61N11O7S/c1-31(2)35-7-4-5-8-36(35)38-9-6-18-60(38)34-26-51(27-34)15-19-59(20-16-51)43-25-39(61-21-22-69-49-41(61)23-33-12-17-52-47(33)57-49)37(29-53-43)48(63)58-70(67,68)42-24-40(62(65)66)44(46-45(42)55-30-56-46)54-28-32-10-13-50(3,64)14-11-32/h4-5,7-8,12,17,23-25,29-32,34,38,54,64H,6,9-11,13-16,18-22,26-28H2,1-3H3,(H,52,57)(H,55,56)(H,58,63)/t32-,38-,50-/m0/s1. The fourth-order valence-electron chi connectivity index (χ4n) is 12.1. The number of rotatable bonds is 12. The molecule has 5 N–H and O–H groups in total. The molecule has 1 amide bonds. The predicted molar refractivity (Wildman–Crippen MR) is 267 cm³/mol. The number of H-pyrrole nitrogens is 2. The highest BCUT2D eigenvalue weighted by atomic mass is 32.2. The number of pyridine rings is 2. The lowest BCUT2D eigenvalue weighted by Gasteiger charge is -2.56. The number of aromatic nitrogens is 5. The second kappa shape index (κ2) is 17.8. The molecule has 0 bridgehead atoms. The van der Waals surface area contributed by atoms with Crippen LogP contribution < -0.4 is 24.6 Å². The minimum absolute atomic E-state index is 0.0126. The van der Waals surface area contributed by atoms with E-state index in [1.807, 2.05) is 30.0 Å². The maximum absolute atomic E-state index is 14.6. The number of hydrogen-bond acceptors (Lipinski definition) is 14. The second-order valence-corrected chi connectivity index (χ2v) is 22.6. The number of hydrogen-bond donors (Lipinski definition) is 5. The summed E-state index contributed by atoms with van der Waals surface area (Å²) in [5.41, 5.74) is 3.80. The Morgan fingerprint density at radius 3 is 2.56 bits per heavy atom. The molecule has 4 aromatic heterocycles. The number of nitrogens with zero attached hydrogens (tertiary/aromatic N) is 7. The number of fused-ring (bicyclic) bond motifs is 3. The van der Waals surface area contributed by atoms with Crippen LogP contribution in [0.2, 0.25) is 0 Å². The van der Waals surface area contributed by atoms with Crippen LogP contribution in [0.25, 0.3) is 22.1 Å². The molecule has 2 saturated carbocycles. The third kappa shape index (κ3) is 8.48. The van der Waals surface area contributed by atoms with E-state index in [4.69, 9.17) is 14.7 Å². The van der Waals surface area contributed by atoms with Crippen LogP contribution >= 0.6 is 0 Å². The van der Waals surface area contributed by atoms with Gasteiger partial charge in [0.2, 0.25) is 5.88 Å². The lowest BCUT2D eigenvalue weighted by atomic mass is 9.60. The third-order valence-corrected chi connectivity index (χ3v) is 17.4. The van der Waals surface area contributed by atoms with E-state index in [9.17, 15) is 28.4 Å². The minimum Gasteiger partial charge on any atom is -0.474 e. The smallest absolute Gasteiger partial charge is 0.296 e. The van der Waals surface area contributed by atoms with Gasteiger partial charge in [-0.1, -0.05) is 38.1 Å². The van der Waals surface area contributed by atoms with Crippen molar-refractivity contribution in [2.45, 2.75) is 113 Å². The van der Waals surface area contributed by atoms with E-state index in [-0.39, 0.29) is 40.2 Å². The normalized spacial score (nSPS) is 22.9. The molecule has 2 aromatic carbocycles. The number of piperidine rings is 1. The average molecular weight is 972 g/mol. The van der Waals surface area contributed by atoms with Crippen LogP contribution in [0, 0.1) is 21.4 Å². The van der Waals surface area contributed by atoms with Crippen molar-refractivity contribution in [3.8, 4) is 5.88 Å². The van der Waals surface area contributed by atoms with Crippen molar-refractivity contribution in [3.63, 3.8) is 0 Å². The zero-order chi connectivity index (χ0) is 48.5. The topological polar surface area (TPSA) is 228 Å². The molecule has 0 radical (unpaired) electrons. The van der Waals surface area contributed by atoms with Gasteiger partial charge in [-0.3, -0.25) is 19.8 Å². The van der Waals surface area contributed by atoms with Gasteiger partial charge in [0.25, 0.3) is 21.6 Å². The largest absolute Gasteiger partial charge is 0.474 e. The molecule has 2 saturated heterocycles. The van der Waals surface area contributed by atoms with Gasteiger partial charge in [0.15, 0.2) is 0 Å². The van der Waals surface area contributed by atoms with Gasteiger partial charge < -0.3 is 34.9 Å². The Hall–Kier alpha value is -6.31. The molecule has 1 atom stereocenters. The Morgan fingerprint density at radius 1 is 1.00 bits per heavy atom. The minimum atomic E-state index is -4.77. The fourth-order valence-corrected chi connectivity index (χ4v) is 13.3. The summed E-state index contributed by atoms with van der Waals surface area (Å²) in [6, 6.07) is 16.6. The number of benzene rings is 2. The first-order chi connectivity index (χ1) is 33.7. The highest BCUT2D eigenvalue weighted by molar-refractivity contribution is 7.90. The first-order valence-corrected chi connectivity index (χ1v) is 26.3. The number of ether oxygens (including phenoxy) is 1. The molecule has 3 aliphatic heterocycles. The molecule has 18 nitrogen and oxygen atoms in total. The van der Waals surface area contributed by atoms with E-state index in [1.54, 1.807) is 6.20 Å². The van der Waals surface area contributed by atoms with E-state index < -0.39 is 37.0 Å². The Labute approximate surface area is 406 Å². The number of sulfonamides is 1. The van der Waals surface area contributed by atoms with E-state index in [1.165, 1.54) is 49.3 Å². The number of nitrogens with one attached hydrogen (secondary N) is 4. The summed E-state index contributed by atoms with van der Waals surface area (Å²) in [6.45, 7) is 10.1. The van der Waals surface area contributed by atoms with Gasteiger partial charge in [-0.2, -0.15) is 4.98 Å².